The number of β-amino-alcohol motifs (C(OH)–C–C–N with tert-alkyl or cyclic N) is 1. The van der Waals surface area contributed by atoms with Crippen LogP contribution in [0, 0.1) is 12.4 Å². The number of sulfonamides is 1. The maximum atomic E-state index is 13.8. The average molecular weight is 442 g/mol. The first kappa shape index (κ1) is 22.0. The van der Waals surface area contributed by atoms with Crippen LogP contribution in [0.2, 0.25) is 0 Å². The van der Waals surface area contributed by atoms with Crippen molar-refractivity contribution in [2.24, 2.45) is 5.73 Å². The molecule has 2 atom stereocenters. The van der Waals surface area contributed by atoms with Crippen LogP contribution in [-0.4, -0.2) is 54.2 Å². The number of benzene rings is 1. The number of ether oxygens (including phenoxy) is 1. The predicted molar refractivity (Wildman–Crippen MR) is 99.0 cm³/mol. The number of alkyl halides is 2. The standard InChI is InChI=1S/C18H17F3N4O4S/c1-23-14-4-3-12(6-13(14)19)29-15-8-25(10-18(15,26)9-22)30(27,28)16-5-2-11(7-24-16)17(20)21/h2-7,15,17,26H,8-10,22H2/t15-,18-/m0/s1. The van der Waals surface area contributed by atoms with Crippen molar-refractivity contribution in [1.82, 2.24) is 9.29 Å². The topological polar surface area (TPSA) is 110 Å². The molecular weight excluding hydrogens is 425 g/mol. The van der Waals surface area contributed by atoms with Crippen molar-refractivity contribution in [3.05, 3.63) is 59.3 Å². The molecule has 0 spiro atoms. The van der Waals surface area contributed by atoms with Crippen LogP contribution in [0.4, 0.5) is 18.9 Å². The van der Waals surface area contributed by atoms with E-state index in [4.69, 9.17) is 17.0 Å². The molecule has 8 nitrogen and oxygen atoms in total. The molecule has 0 saturated carbocycles. The molecule has 30 heavy (non-hydrogen) atoms. The fourth-order valence-electron chi connectivity index (χ4n) is 2.97. The zero-order valence-electron chi connectivity index (χ0n) is 15.4. The molecule has 0 aliphatic carbocycles. The first-order valence-corrected chi connectivity index (χ1v) is 10.0. The van der Waals surface area contributed by atoms with E-state index in [2.05, 4.69) is 9.83 Å². The summed E-state index contributed by atoms with van der Waals surface area (Å²) in [6, 6.07) is 5.36. The van der Waals surface area contributed by atoms with Gasteiger partial charge in [-0.2, -0.15) is 4.31 Å². The lowest BCUT2D eigenvalue weighted by molar-refractivity contribution is -0.0200. The van der Waals surface area contributed by atoms with Gasteiger partial charge in [-0.15, -0.1) is 0 Å². The smallest absolute Gasteiger partial charge is 0.265 e. The molecule has 0 unspecified atom stereocenters. The van der Waals surface area contributed by atoms with Gasteiger partial charge in [0.25, 0.3) is 16.4 Å². The van der Waals surface area contributed by atoms with E-state index >= 15 is 0 Å². The Morgan fingerprint density at radius 1 is 1.40 bits per heavy atom. The third-order valence-corrected chi connectivity index (χ3v) is 6.43. The Kier molecular flexibility index (Phi) is 6.00. The SMILES string of the molecule is [C-]#[N+]c1ccc(O[C@H]2CN(S(=O)(=O)c3ccc(C(F)F)cn3)C[C@@]2(O)CN)cc1F. The van der Waals surface area contributed by atoms with Gasteiger partial charge in [-0.3, -0.25) is 0 Å². The molecule has 3 rings (SSSR count). The molecule has 1 aliphatic heterocycles. The van der Waals surface area contributed by atoms with Crippen molar-refractivity contribution >= 4 is 15.7 Å². The van der Waals surface area contributed by atoms with Crippen LogP contribution in [0.15, 0.2) is 41.6 Å². The van der Waals surface area contributed by atoms with Crippen LogP contribution in [-0.2, 0) is 10.0 Å². The van der Waals surface area contributed by atoms with E-state index in [1.54, 1.807) is 0 Å². The van der Waals surface area contributed by atoms with E-state index in [9.17, 15) is 26.7 Å². The number of rotatable bonds is 6. The van der Waals surface area contributed by atoms with Gasteiger partial charge in [-0.25, -0.2) is 31.4 Å². The van der Waals surface area contributed by atoms with Gasteiger partial charge < -0.3 is 15.6 Å². The highest BCUT2D eigenvalue weighted by molar-refractivity contribution is 7.89. The van der Waals surface area contributed by atoms with Gasteiger partial charge in [-0.1, -0.05) is 0 Å². The molecule has 1 saturated heterocycles. The second-order valence-corrected chi connectivity index (χ2v) is 8.55. The number of nitrogens with zero attached hydrogens (tertiary/aromatic N) is 3. The van der Waals surface area contributed by atoms with Crippen LogP contribution in [0.25, 0.3) is 4.85 Å². The van der Waals surface area contributed by atoms with E-state index in [1.165, 1.54) is 12.1 Å². The van der Waals surface area contributed by atoms with Crippen LogP contribution in [0.5, 0.6) is 5.75 Å². The molecule has 3 N–H and O–H groups in total. The summed E-state index contributed by atoms with van der Waals surface area (Å²) in [6.45, 7) is 5.73. The second-order valence-electron chi connectivity index (χ2n) is 6.67. The van der Waals surface area contributed by atoms with Crippen LogP contribution in [0.1, 0.15) is 12.0 Å². The Morgan fingerprint density at radius 3 is 2.67 bits per heavy atom. The van der Waals surface area contributed by atoms with Crippen LogP contribution >= 0.6 is 0 Å². The number of aliphatic hydroxyl groups is 1. The molecule has 12 heteroatoms. The van der Waals surface area contributed by atoms with E-state index < -0.39 is 51.1 Å². The summed E-state index contributed by atoms with van der Waals surface area (Å²) in [5.74, 6) is -0.847. The van der Waals surface area contributed by atoms with Gasteiger partial charge in [-0.05, 0) is 24.3 Å². The molecule has 0 amide bonds. The number of aromatic nitrogens is 1. The average Bonchev–Trinajstić information content (AvgIpc) is 3.06. The molecule has 160 valence electrons. The highest BCUT2D eigenvalue weighted by Gasteiger charge is 2.50. The maximum Gasteiger partial charge on any atom is 0.265 e. The Balaban J connectivity index is 1.85. The molecule has 0 radical (unpaired) electrons. The van der Waals surface area contributed by atoms with Crippen LogP contribution < -0.4 is 10.5 Å². The van der Waals surface area contributed by atoms with E-state index in [-0.39, 0.29) is 24.5 Å². The fourth-order valence-corrected chi connectivity index (χ4v) is 4.39. The summed E-state index contributed by atoms with van der Waals surface area (Å²) in [5.41, 5.74) is 3.19. The van der Waals surface area contributed by atoms with Crippen molar-refractivity contribution in [1.29, 1.82) is 0 Å². The molecular formula is C18H17F3N4O4S. The predicted octanol–water partition coefficient (Wildman–Crippen LogP) is 1.85. The zero-order chi connectivity index (χ0) is 22.1. The fraction of sp³-hybridized carbons (Fsp3) is 0.333. The number of hydrogen-bond acceptors (Lipinski definition) is 6. The molecule has 1 aromatic carbocycles. The van der Waals surface area contributed by atoms with Crippen LogP contribution in [0.3, 0.4) is 0 Å². The molecule has 2 heterocycles. The molecule has 1 aromatic heterocycles. The number of pyridine rings is 1. The lowest BCUT2D eigenvalue weighted by atomic mass is 10.0. The summed E-state index contributed by atoms with van der Waals surface area (Å²) in [6.07, 6.45) is -3.18. The quantitative estimate of drug-likeness (QED) is 0.661. The highest BCUT2D eigenvalue weighted by atomic mass is 32.2. The van der Waals surface area contributed by atoms with Gasteiger partial charge in [0.15, 0.2) is 5.03 Å². The maximum absolute atomic E-state index is 13.8. The summed E-state index contributed by atoms with van der Waals surface area (Å²) in [4.78, 5) is 6.58. The summed E-state index contributed by atoms with van der Waals surface area (Å²) in [7, 11) is -4.24. The molecule has 0 bridgehead atoms. The minimum atomic E-state index is -4.24. The minimum absolute atomic E-state index is 0.0181. The molecule has 1 fully saturated rings. The van der Waals surface area contributed by atoms with E-state index in [0.29, 0.717) is 0 Å². The number of halogens is 3. The normalized spacial score (nSPS) is 22.2. The van der Waals surface area contributed by atoms with E-state index in [0.717, 1.165) is 28.7 Å². The van der Waals surface area contributed by atoms with Gasteiger partial charge >= 0.3 is 0 Å². The third-order valence-electron chi connectivity index (χ3n) is 4.71. The Labute approximate surface area is 170 Å². The van der Waals surface area contributed by atoms with Crippen molar-refractivity contribution in [3.63, 3.8) is 0 Å². The van der Waals surface area contributed by atoms with Crippen molar-refractivity contribution in [2.45, 2.75) is 23.2 Å². The number of hydrogen-bond donors (Lipinski definition) is 2. The summed E-state index contributed by atoms with van der Waals surface area (Å²) >= 11 is 0. The van der Waals surface area contributed by atoms with E-state index in [1.807, 2.05) is 0 Å². The molecule has 1 aliphatic rings. The Hall–Kier alpha value is -2.72. The third kappa shape index (κ3) is 4.10. The van der Waals surface area contributed by atoms with Gasteiger partial charge in [0.1, 0.15) is 23.3 Å². The molecule has 2 aromatic rings. The van der Waals surface area contributed by atoms with Crippen molar-refractivity contribution in [3.8, 4) is 5.75 Å². The van der Waals surface area contributed by atoms with Gasteiger partial charge in [0, 0.05) is 30.9 Å². The second kappa shape index (κ2) is 8.19. The zero-order valence-corrected chi connectivity index (χ0v) is 16.2. The highest BCUT2D eigenvalue weighted by Crippen LogP contribution is 2.31. The largest absolute Gasteiger partial charge is 0.486 e. The summed E-state index contributed by atoms with van der Waals surface area (Å²) < 4.78 is 71.3. The minimum Gasteiger partial charge on any atom is -0.486 e. The van der Waals surface area contributed by atoms with Crippen molar-refractivity contribution < 1.29 is 31.4 Å². The Bertz CT molecular complexity index is 1080. The monoisotopic (exact) mass is 442 g/mol. The lowest BCUT2D eigenvalue weighted by Gasteiger charge is -2.27. The summed E-state index contributed by atoms with van der Waals surface area (Å²) in [5, 5.41) is 10.3. The first-order valence-electron chi connectivity index (χ1n) is 8.61. The lowest BCUT2D eigenvalue weighted by Crippen LogP contribution is -2.50. The van der Waals surface area contributed by atoms with Crippen molar-refractivity contribution in [2.75, 3.05) is 19.6 Å². The number of nitrogens with two attached hydrogens (primary N) is 1. The first-order chi connectivity index (χ1) is 14.1. The van der Waals surface area contributed by atoms with Gasteiger partial charge in [0.05, 0.1) is 13.1 Å². The Morgan fingerprint density at radius 2 is 2.13 bits per heavy atom. The van der Waals surface area contributed by atoms with Gasteiger partial charge in [0.2, 0.25) is 5.69 Å².